The first kappa shape index (κ1) is 19.5. The molecule has 0 aliphatic carbocycles. The van der Waals surface area contributed by atoms with Gasteiger partial charge in [-0.1, -0.05) is 36.4 Å². The zero-order valence-electron chi connectivity index (χ0n) is 15.4. The van der Waals surface area contributed by atoms with Crippen molar-refractivity contribution in [3.05, 3.63) is 58.3 Å². The molecule has 7 heteroatoms. The number of benzene rings is 1. The van der Waals surface area contributed by atoms with Gasteiger partial charge in [0.2, 0.25) is 10.0 Å². The maximum absolute atomic E-state index is 11.7. The Kier molecular flexibility index (Phi) is 6.47. The fraction of sp³-hybridized carbons (Fsp3) is 0.474. The van der Waals surface area contributed by atoms with Crippen molar-refractivity contribution < 1.29 is 18.2 Å². The van der Waals surface area contributed by atoms with Crippen LogP contribution in [0.25, 0.3) is 0 Å². The van der Waals surface area contributed by atoms with Crippen molar-refractivity contribution in [1.29, 1.82) is 0 Å². The van der Waals surface area contributed by atoms with Gasteiger partial charge in [-0.25, -0.2) is 13.1 Å². The van der Waals surface area contributed by atoms with Crippen molar-refractivity contribution >= 4 is 21.4 Å². The maximum Gasteiger partial charge on any atom is 0.209 e. The third-order valence-electron chi connectivity index (χ3n) is 5.09. The molecule has 142 valence electrons. The molecule has 2 aromatic rings. The summed E-state index contributed by atoms with van der Waals surface area (Å²) in [4.78, 5) is 4.34. The number of hydrogen-bond donors (Lipinski definition) is 3. The molecule has 1 saturated heterocycles. The summed E-state index contributed by atoms with van der Waals surface area (Å²) in [5, 5.41) is 2.08. The fourth-order valence-corrected chi connectivity index (χ4v) is 5.77. The average Bonchev–Trinajstić information content (AvgIpc) is 3.10. The van der Waals surface area contributed by atoms with Crippen LogP contribution in [0.2, 0.25) is 0 Å². The molecule has 3 N–H and O–H groups in total. The van der Waals surface area contributed by atoms with Crippen molar-refractivity contribution in [1.82, 2.24) is 4.72 Å². The van der Waals surface area contributed by atoms with Crippen LogP contribution in [-0.2, 0) is 16.6 Å². The van der Waals surface area contributed by atoms with Gasteiger partial charge in [0, 0.05) is 5.56 Å². The Balaban J connectivity index is 1.65. The minimum atomic E-state index is -3.21. The first-order chi connectivity index (χ1) is 12.4. The summed E-state index contributed by atoms with van der Waals surface area (Å²) in [6.07, 6.45) is 1.24. The molecular weight excluding hydrogens is 366 g/mol. The van der Waals surface area contributed by atoms with Crippen molar-refractivity contribution in [2.75, 3.05) is 32.4 Å². The van der Waals surface area contributed by atoms with E-state index in [4.69, 9.17) is 0 Å². The molecule has 0 radical (unpaired) electrons. The summed E-state index contributed by atoms with van der Waals surface area (Å²) < 4.78 is 26.3. The second-order valence-electron chi connectivity index (χ2n) is 7.24. The van der Waals surface area contributed by atoms with E-state index < -0.39 is 10.0 Å². The van der Waals surface area contributed by atoms with Crippen LogP contribution >= 0.6 is 11.3 Å². The van der Waals surface area contributed by atoms with Crippen LogP contribution in [-0.4, -0.2) is 46.9 Å². The Hall–Kier alpha value is -1.25. The van der Waals surface area contributed by atoms with Crippen LogP contribution in [0.3, 0.4) is 0 Å². The summed E-state index contributed by atoms with van der Waals surface area (Å²) in [7, 11) is -3.21. The molecular formula is C19H29N3O2S2+2. The molecule has 2 heterocycles. The van der Waals surface area contributed by atoms with Crippen molar-refractivity contribution in [3.63, 3.8) is 0 Å². The Morgan fingerprint density at radius 2 is 1.77 bits per heavy atom. The van der Waals surface area contributed by atoms with Crippen LogP contribution < -0.4 is 14.5 Å². The van der Waals surface area contributed by atoms with Gasteiger partial charge in [0.15, 0.2) is 0 Å². The van der Waals surface area contributed by atoms with E-state index in [1.165, 1.54) is 21.6 Å². The SMILES string of the molecule is C[C@@H](NS(C)(=O)=O)[C@H](c1cccs1)[NH+]1CC[NH+](Cc2ccccc2)CC1. The van der Waals surface area contributed by atoms with Gasteiger partial charge in [-0.2, -0.15) is 0 Å². The van der Waals surface area contributed by atoms with Gasteiger partial charge in [-0.05, 0) is 18.4 Å². The third-order valence-corrected chi connectivity index (χ3v) is 6.84. The summed E-state index contributed by atoms with van der Waals surface area (Å²) in [6.45, 7) is 7.38. The first-order valence-corrected chi connectivity index (χ1v) is 11.9. The molecule has 0 saturated carbocycles. The van der Waals surface area contributed by atoms with Gasteiger partial charge in [0.25, 0.3) is 0 Å². The molecule has 0 spiro atoms. The zero-order valence-corrected chi connectivity index (χ0v) is 17.1. The Labute approximate surface area is 160 Å². The van der Waals surface area contributed by atoms with Gasteiger partial charge in [-0.3, -0.25) is 0 Å². The van der Waals surface area contributed by atoms with Crippen molar-refractivity contribution in [2.24, 2.45) is 0 Å². The molecule has 5 nitrogen and oxygen atoms in total. The molecule has 1 aromatic carbocycles. The number of hydrogen-bond acceptors (Lipinski definition) is 3. The average molecular weight is 396 g/mol. The van der Waals surface area contributed by atoms with E-state index in [-0.39, 0.29) is 12.1 Å². The highest BCUT2D eigenvalue weighted by atomic mass is 32.2. The molecule has 3 rings (SSSR count). The normalized spacial score (nSPS) is 23.5. The molecule has 1 fully saturated rings. The quantitative estimate of drug-likeness (QED) is 0.604. The van der Waals surface area contributed by atoms with Gasteiger partial charge < -0.3 is 9.80 Å². The number of quaternary nitrogens is 2. The maximum atomic E-state index is 11.7. The highest BCUT2D eigenvalue weighted by Gasteiger charge is 2.35. The summed E-state index contributed by atoms with van der Waals surface area (Å²) in [6, 6.07) is 14.9. The van der Waals surface area contributed by atoms with Gasteiger partial charge in [-0.15, -0.1) is 11.3 Å². The van der Waals surface area contributed by atoms with E-state index in [0.29, 0.717) is 0 Å². The monoisotopic (exact) mass is 395 g/mol. The first-order valence-electron chi connectivity index (χ1n) is 9.15. The standard InChI is InChI=1S/C19H27N3O2S2/c1-16(20-26(2,23)24)19(18-9-6-14-25-18)22-12-10-21(11-13-22)15-17-7-4-3-5-8-17/h3-9,14,16,19-20H,10-13,15H2,1-2H3/p+2/t16-,19-/m1/s1. The van der Waals surface area contributed by atoms with Crippen molar-refractivity contribution in [2.45, 2.75) is 25.6 Å². The molecule has 0 amide bonds. The summed E-state index contributed by atoms with van der Waals surface area (Å²) >= 11 is 1.72. The molecule has 26 heavy (non-hydrogen) atoms. The Morgan fingerprint density at radius 3 is 2.35 bits per heavy atom. The van der Waals surface area contributed by atoms with Crippen LogP contribution in [0, 0.1) is 0 Å². The topological polar surface area (TPSA) is 55.0 Å². The number of nitrogens with one attached hydrogen (secondary N) is 3. The number of thiophene rings is 1. The highest BCUT2D eigenvalue weighted by molar-refractivity contribution is 7.88. The lowest BCUT2D eigenvalue weighted by Crippen LogP contribution is -3.28. The van der Waals surface area contributed by atoms with E-state index >= 15 is 0 Å². The molecule has 2 atom stereocenters. The number of sulfonamides is 1. The molecule has 1 aliphatic rings. The lowest BCUT2D eigenvalue weighted by molar-refractivity contribution is -1.03. The number of rotatable bonds is 7. The second kappa shape index (κ2) is 8.63. The lowest BCUT2D eigenvalue weighted by atomic mass is 10.1. The predicted octanol–water partition coefficient (Wildman–Crippen LogP) is -0.289. The van der Waals surface area contributed by atoms with Gasteiger partial charge in [0.1, 0.15) is 38.8 Å². The lowest BCUT2D eigenvalue weighted by Gasteiger charge is -2.36. The van der Waals surface area contributed by atoms with E-state index in [9.17, 15) is 8.42 Å². The van der Waals surface area contributed by atoms with E-state index in [1.807, 2.05) is 6.92 Å². The van der Waals surface area contributed by atoms with Crippen LogP contribution in [0.1, 0.15) is 23.4 Å². The zero-order chi connectivity index (χ0) is 18.6. The van der Waals surface area contributed by atoms with Crippen LogP contribution in [0.4, 0.5) is 0 Å². The second-order valence-corrected chi connectivity index (χ2v) is 10.0. The third kappa shape index (κ3) is 5.37. The predicted molar refractivity (Wildman–Crippen MR) is 106 cm³/mol. The molecule has 1 aliphatic heterocycles. The minimum Gasteiger partial charge on any atom is -0.322 e. The van der Waals surface area contributed by atoms with Gasteiger partial charge in [0.05, 0.1) is 17.2 Å². The minimum absolute atomic E-state index is 0.116. The van der Waals surface area contributed by atoms with E-state index in [1.54, 1.807) is 16.2 Å². The van der Waals surface area contributed by atoms with Crippen LogP contribution in [0.5, 0.6) is 0 Å². The van der Waals surface area contributed by atoms with Crippen molar-refractivity contribution in [3.8, 4) is 0 Å². The van der Waals surface area contributed by atoms with Gasteiger partial charge >= 0.3 is 0 Å². The highest BCUT2D eigenvalue weighted by Crippen LogP contribution is 2.20. The van der Waals surface area contributed by atoms with Crippen LogP contribution in [0.15, 0.2) is 47.8 Å². The molecule has 1 aromatic heterocycles. The van der Waals surface area contributed by atoms with E-state index in [0.717, 1.165) is 32.7 Å². The largest absolute Gasteiger partial charge is 0.322 e. The summed E-state index contributed by atoms with van der Waals surface area (Å²) in [5.74, 6) is 0. The van der Waals surface area contributed by atoms with E-state index in [2.05, 4.69) is 52.6 Å². The fourth-order valence-electron chi connectivity index (χ4n) is 3.97. The Bertz CT molecular complexity index is 770. The smallest absolute Gasteiger partial charge is 0.209 e. The molecule has 0 unspecified atom stereocenters. The molecule has 0 bridgehead atoms. The Morgan fingerprint density at radius 1 is 1.08 bits per heavy atom. The summed E-state index contributed by atoms with van der Waals surface area (Å²) in [5.41, 5.74) is 1.38. The number of piperazine rings is 1.